The van der Waals surface area contributed by atoms with Crippen molar-refractivity contribution in [1.82, 2.24) is 4.90 Å². The van der Waals surface area contributed by atoms with Gasteiger partial charge in [0.2, 0.25) is 0 Å². The van der Waals surface area contributed by atoms with Gasteiger partial charge in [-0.2, -0.15) is 0 Å². The molecule has 0 saturated carbocycles. The second-order valence-electron chi connectivity index (χ2n) is 5.52. The minimum atomic E-state index is -0.871. The highest BCUT2D eigenvalue weighted by Crippen LogP contribution is 2.26. The summed E-state index contributed by atoms with van der Waals surface area (Å²) < 4.78 is 5.25. The van der Waals surface area contributed by atoms with Gasteiger partial charge in [-0.1, -0.05) is 12.2 Å². The fourth-order valence-electron chi connectivity index (χ4n) is 2.01. The Morgan fingerprint density at radius 1 is 1.33 bits per heavy atom. The van der Waals surface area contributed by atoms with Crippen LogP contribution in [-0.2, 0) is 9.53 Å². The molecule has 18 heavy (non-hydrogen) atoms. The number of carbonyl (C=O) groups is 2. The van der Waals surface area contributed by atoms with Crippen molar-refractivity contribution in [3.05, 3.63) is 12.2 Å². The van der Waals surface area contributed by atoms with E-state index in [0.29, 0.717) is 6.54 Å². The highest BCUT2D eigenvalue weighted by Gasteiger charge is 2.39. The maximum atomic E-state index is 11.9. The fourth-order valence-corrected chi connectivity index (χ4v) is 2.01. The Kier molecular flexibility index (Phi) is 4.38. The summed E-state index contributed by atoms with van der Waals surface area (Å²) in [6.45, 7) is 7.82. The Morgan fingerprint density at radius 2 is 1.94 bits per heavy atom. The van der Waals surface area contributed by atoms with Crippen molar-refractivity contribution in [2.24, 2.45) is 11.8 Å². The zero-order valence-corrected chi connectivity index (χ0v) is 11.3. The van der Waals surface area contributed by atoms with Gasteiger partial charge in [-0.3, -0.25) is 4.79 Å². The van der Waals surface area contributed by atoms with E-state index in [1.807, 2.05) is 19.1 Å². The summed E-state index contributed by atoms with van der Waals surface area (Å²) >= 11 is 0. The number of hydrogen-bond acceptors (Lipinski definition) is 3. The van der Waals surface area contributed by atoms with E-state index < -0.39 is 23.6 Å². The molecule has 102 valence electrons. The lowest BCUT2D eigenvalue weighted by Gasteiger charge is -2.24. The molecular formula is C13H21NO4. The zero-order valence-electron chi connectivity index (χ0n) is 11.3. The number of hydrogen-bond donors (Lipinski definition) is 1. The normalized spacial score (nSPS) is 24.6. The number of likely N-dealkylation sites (tertiary alicyclic amines) is 1. The molecule has 5 nitrogen and oxygen atoms in total. The van der Waals surface area contributed by atoms with Crippen LogP contribution in [-0.4, -0.2) is 40.8 Å². The third kappa shape index (κ3) is 3.75. The first-order valence-electron chi connectivity index (χ1n) is 6.08. The van der Waals surface area contributed by atoms with Crippen molar-refractivity contribution < 1.29 is 19.4 Å². The first-order chi connectivity index (χ1) is 8.24. The lowest BCUT2D eigenvalue weighted by molar-refractivity contribution is -0.142. The average molecular weight is 255 g/mol. The van der Waals surface area contributed by atoms with Crippen molar-refractivity contribution in [1.29, 1.82) is 0 Å². The van der Waals surface area contributed by atoms with E-state index in [2.05, 4.69) is 0 Å². The van der Waals surface area contributed by atoms with Gasteiger partial charge in [0.15, 0.2) is 0 Å². The van der Waals surface area contributed by atoms with Crippen LogP contribution in [0.3, 0.4) is 0 Å². The molecule has 1 fully saturated rings. The van der Waals surface area contributed by atoms with Crippen LogP contribution in [0.5, 0.6) is 0 Å². The number of ether oxygens (including phenoxy) is 1. The highest BCUT2D eigenvalue weighted by atomic mass is 16.6. The van der Waals surface area contributed by atoms with Gasteiger partial charge in [-0.05, 0) is 27.7 Å². The third-order valence-electron chi connectivity index (χ3n) is 2.77. The van der Waals surface area contributed by atoms with E-state index in [-0.39, 0.29) is 12.5 Å². The highest BCUT2D eigenvalue weighted by molar-refractivity contribution is 5.75. The molecule has 2 atom stereocenters. The first-order valence-corrected chi connectivity index (χ1v) is 6.08. The number of nitrogens with zero attached hydrogens (tertiary/aromatic N) is 1. The lowest BCUT2D eigenvalue weighted by Crippen LogP contribution is -2.35. The summed E-state index contributed by atoms with van der Waals surface area (Å²) in [5, 5.41) is 9.13. The van der Waals surface area contributed by atoms with Crippen LogP contribution in [0.2, 0.25) is 0 Å². The van der Waals surface area contributed by atoms with Crippen LogP contribution in [0.15, 0.2) is 12.2 Å². The number of carboxylic acids is 1. The Hall–Kier alpha value is -1.52. The standard InChI is InChI=1S/C13H21NO4/c1-5-6-9-7-14(8-10(9)11(15)16)12(17)18-13(2,3)4/h5-6,9-10H,7-8H2,1-4H3,(H,15,16)/b6-5+. The predicted molar refractivity (Wildman–Crippen MR) is 67.2 cm³/mol. The smallest absolute Gasteiger partial charge is 0.410 e. The van der Waals surface area contributed by atoms with Crippen molar-refractivity contribution in [3.63, 3.8) is 0 Å². The molecule has 0 bridgehead atoms. The monoisotopic (exact) mass is 255 g/mol. The second-order valence-corrected chi connectivity index (χ2v) is 5.52. The molecular weight excluding hydrogens is 234 g/mol. The van der Waals surface area contributed by atoms with E-state index in [0.717, 1.165) is 0 Å². The van der Waals surface area contributed by atoms with Gasteiger partial charge in [-0.25, -0.2) is 4.79 Å². The Labute approximate surface area is 107 Å². The molecule has 1 N–H and O–H groups in total. The van der Waals surface area contributed by atoms with Crippen molar-refractivity contribution in [2.75, 3.05) is 13.1 Å². The van der Waals surface area contributed by atoms with Gasteiger partial charge in [-0.15, -0.1) is 0 Å². The largest absolute Gasteiger partial charge is 0.481 e. The number of rotatable bonds is 2. The summed E-state index contributed by atoms with van der Waals surface area (Å²) in [7, 11) is 0. The molecule has 0 aliphatic carbocycles. The molecule has 2 unspecified atom stereocenters. The van der Waals surface area contributed by atoms with E-state index in [1.165, 1.54) is 4.90 Å². The van der Waals surface area contributed by atoms with Gasteiger partial charge in [0.1, 0.15) is 5.60 Å². The summed E-state index contributed by atoms with van der Waals surface area (Å²) in [5.41, 5.74) is -0.561. The molecule has 0 aromatic rings. The van der Waals surface area contributed by atoms with Gasteiger partial charge in [0, 0.05) is 19.0 Å². The Morgan fingerprint density at radius 3 is 2.39 bits per heavy atom. The Bertz CT molecular complexity index is 356. The number of carboxylic acid groups (broad SMARTS) is 1. The number of carbonyl (C=O) groups excluding carboxylic acids is 1. The Balaban J connectivity index is 2.71. The number of amides is 1. The molecule has 0 spiro atoms. The van der Waals surface area contributed by atoms with Gasteiger partial charge in [0.05, 0.1) is 5.92 Å². The number of aliphatic carboxylic acids is 1. The summed E-state index contributed by atoms with van der Waals surface area (Å²) in [6, 6.07) is 0. The van der Waals surface area contributed by atoms with Gasteiger partial charge >= 0.3 is 12.1 Å². The molecule has 1 aliphatic heterocycles. The van der Waals surface area contributed by atoms with Crippen LogP contribution in [0.4, 0.5) is 4.79 Å². The van der Waals surface area contributed by atoms with Crippen molar-refractivity contribution in [2.45, 2.75) is 33.3 Å². The topological polar surface area (TPSA) is 66.8 Å². The van der Waals surface area contributed by atoms with E-state index in [4.69, 9.17) is 9.84 Å². The van der Waals surface area contributed by atoms with Crippen LogP contribution in [0.1, 0.15) is 27.7 Å². The summed E-state index contributed by atoms with van der Waals surface area (Å²) in [5.74, 6) is -1.56. The maximum Gasteiger partial charge on any atom is 0.410 e. The SMILES string of the molecule is C/C=C/C1CN(C(=O)OC(C)(C)C)CC1C(=O)O. The quantitative estimate of drug-likeness (QED) is 0.767. The van der Waals surface area contributed by atoms with E-state index in [1.54, 1.807) is 20.8 Å². The predicted octanol–water partition coefficient (Wildman–Crippen LogP) is 2.13. The minimum absolute atomic E-state index is 0.139. The summed E-state index contributed by atoms with van der Waals surface area (Å²) in [4.78, 5) is 24.5. The van der Waals surface area contributed by atoms with Crippen LogP contribution in [0, 0.1) is 11.8 Å². The second kappa shape index (κ2) is 5.42. The van der Waals surface area contributed by atoms with E-state index >= 15 is 0 Å². The fraction of sp³-hybridized carbons (Fsp3) is 0.692. The minimum Gasteiger partial charge on any atom is -0.481 e. The van der Waals surface area contributed by atoms with Gasteiger partial charge in [0.25, 0.3) is 0 Å². The maximum absolute atomic E-state index is 11.9. The molecule has 1 amide bonds. The number of allylic oxidation sites excluding steroid dienone is 1. The molecule has 1 aliphatic rings. The van der Waals surface area contributed by atoms with Crippen molar-refractivity contribution in [3.8, 4) is 0 Å². The van der Waals surface area contributed by atoms with Crippen LogP contribution in [0.25, 0.3) is 0 Å². The average Bonchev–Trinajstić information content (AvgIpc) is 2.59. The molecule has 5 heteroatoms. The first kappa shape index (κ1) is 14.5. The van der Waals surface area contributed by atoms with Gasteiger partial charge < -0.3 is 14.7 Å². The summed E-state index contributed by atoms with van der Waals surface area (Å²) in [6.07, 6.45) is 3.21. The van der Waals surface area contributed by atoms with Crippen molar-refractivity contribution >= 4 is 12.1 Å². The lowest BCUT2D eigenvalue weighted by atomic mass is 9.96. The molecule has 1 heterocycles. The molecule has 0 aromatic carbocycles. The third-order valence-corrected chi connectivity index (χ3v) is 2.77. The molecule has 1 rings (SSSR count). The zero-order chi connectivity index (χ0) is 13.9. The van der Waals surface area contributed by atoms with Crippen LogP contribution < -0.4 is 0 Å². The molecule has 0 radical (unpaired) electrons. The van der Waals surface area contributed by atoms with E-state index in [9.17, 15) is 9.59 Å². The molecule has 1 saturated heterocycles. The molecule has 0 aromatic heterocycles. The van der Waals surface area contributed by atoms with Crippen LogP contribution >= 0.6 is 0 Å².